The highest BCUT2D eigenvalue weighted by Gasteiger charge is 2.65. The molecule has 0 radical (unpaired) electrons. The smallest absolute Gasteiger partial charge is 0.00493 e. The predicted octanol–water partition coefficient (Wildman–Crippen LogP) is 2.02. The van der Waals surface area contributed by atoms with Crippen molar-refractivity contribution in [2.45, 2.75) is 40.7 Å². The van der Waals surface area contributed by atoms with Crippen LogP contribution in [0.3, 0.4) is 0 Å². The normalized spacial score (nSPS) is 31.8. The minimum atomic E-state index is 0.352. The van der Waals surface area contributed by atoms with Crippen LogP contribution in [-0.4, -0.2) is 6.04 Å². The second kappa shape index (κ2) is 1.76. The molecule has 0 aromatic carbocycles. The van der Waals surface area contributed by atoms with Crippen LogP contribution in [0.25, 0.3) is 0 Å². The van der Waals surface area contributed by atoms with Gasteiger partial charge in [-0.1, -0.05) is 27.7 Å². The van der Waals surface area contributed by atoms with Gasteiger partial charge in [0.25, 0.3) is 0 Å². The zero-order valence-corrected chi connectivity index (χ0v) is 7.73. The van der Waals surface area contributed by atoms with Gasteiger partial charge in [-0.25, -0.2) is 0 Å². The molecule has 1 aliphatic rings. The lowest BCUT2D eigenvalue weighted by Crippen LogP contribution is -2.21. The summed E-state index contributed by atoms with van der Waals surface area (Å²) in [6.45, 7) is 11.3. The van der Waals surface area contributed by atoms with Gasteiger partial charge in [-0.3, -0.25) is 0 Å². The minimum Gasteiger partial charge on any atom is -0.328 e. The molecule has 10 heavy (non-hydrogen) atoms. The van der Waals surface area contributed by atoms with Crippen molar-refractivity contribution < 1.29 is 0 Å². The fraction of sp³-hybridized carbons (Fsp3) is 1.00. The van der Waals surface area contributed by atoms with E-state index < -0.39 is 0 Å². The molecule has 1 rings (SSSR count). The van der Waals surface area contributed by atoms with E-state index in [1.54, 1.807) is 0 Å². The van der Waals surface area contributed by atoms with E-state index in [-0.39, 0.29) is 0 Å². The largest absolute Gasteiger partial charge is 0.328 e. The second-order valence-corrected chi connectivity index (χ2v) is 4.78. The van der Waals surface area contributed by atoms with Gasteiger partial charge in [-0.2, -0.15) is 0 Å². The van der Waals surface area contributed by atoms with Crippen molar-refractivity contribution in [2.75, 3.05) is 0 Å². The van der Waals surface area contributed by atoms with E-state index in [9.17, 15) is 0 Å². The Hall–Kier alpha value is -0.0400. The van der Waals surface area contributed by atoms with E-state index in [2.05, 4.69) is 34.6 Å². The lowest BCUT2D eigenvalue weighted by molar-refractivity contribution is 0.457. The van der Waals surface area contributed by atoms with Gasteiger partial charge in [0.1, 0.15) is 0 Å². The van der Waals surface area contributed by atoms with Crippen molar-refractivity contribution in [2.24, 2.45) is 22.5 Å². The summed E-state index contributed by atoms with van der Waals surface area (Å²) in [5, 5.41) is 0. The first-order valence-corrected chi connectivity index (χ1v) is 4.07. The van der Waals surface area contributed by atoms with Crippen LogP contribution in [0.2, 0.25) is 0 Å². The molecule has 0 unspecified atom stereocenters. The van der Waals surface area contributed by atoms with Gasteiger partial charge in [0.15, 0.2) is 0 Å². The molecule has 1 fully saturated rings. The average Bonchev–Trinajstić information content (AvgIpc) is 1.97. The first-order valence-electron chi connectivity index (χ1n) is 4.07. The molecule has 1 aliphatic carbocycles. The Morgan fingerprint density at radius 3 is 1.40 bits per heavy atom. The van der Waals surface area contributed by atoms with Crippen LogP contribution in [0, 0.1) is 16.7 Å². The average molecular weight is 141 g/mol. The van der Waals surface area contributed by atoms with E-state index in [1.165, 1.54) is 0 Å². The Balaban J connectivity index is 2.72. The highest BCUT2D eigenvalue weighted by molar-refractivity contribution is 5.14. The van der Waals surface area contributed by atoms with Crippen molar-refractivity contribution >= 4 is 0 Å². The van der Waals surface area contributed by atoms with Gasteiger partial charge >= 0.3 is 0 Å². The molecule has 0 aromatic heterocycles. The molecule has 0 spiro atoms. The molecule has 0 amide bonds. The summed E-state index contributed by atoms with van der Waals surface area (Å²) in [6, 6.07) is 0.352. The van der Waals surface area contributed by atoms with Crippen LogP contribution < -0.4 is 5.73 Å². The summed E-state index contributed by atoms with van der Waals surface area (Å²) >= 11 is 0. The van der Waals surface area contributed by atoms with Crippen LogP contribution in [0.4, 0.5) is 0 Å². The maximum absolute atomic E-state index is 5.85. The maximum atomic E-state index is 5.85. The zero-order chi connectivity index (χ0) is 8.15. The quantitative estimate of drug-likeness (QED) is 0.594. The first kappa shape index (κ1) is 8.06. The summed E-state index contributed by atoms with van der Waals surface area (Å²) < 4.78 is 0. The van der Waals surface area contributed by atoms with E-state index in [1.807, 2.05) is 0 Å². The molecule has 1 heteroatoms. The molecule has 0 saturated heterocycles. The Morgan fingerprint density at radius 1 is 1.10 bits per heavy atom. The molecule has 2 N–H and O–H groups in total. The topological polar surface area (TPSA) is 26.0 Å². The standard InChI is InChI=1S/C9H19N/c1-6(10)7-8(2,3)9(7,4)5/h6-7H,10H2,1-5H3/t6-/m0/s1. The van der Waals surface area contributed by atoms with E-state index in [0.29, 0.717) is 22.8 Å². The monoisotopic (exact) mass is 141 g/mol. The second-order valence-electron chi connectivity index (χ2n) is 4.78. The molecule has 1 saturated carbocycles. The third-order valence-electron chi connectivity index (χ3n) is 3.66. The van der Waals surface area contributed by atoms with E-state index in [4.69, 9.17) is 5.73 Å². The first-order chi connectivity index (χ1) is 4.32. The highest BCUT2D eigenvalue weighted by atomic mass is 14.8. The molecule has 0 bridgehead atoms. The summed E-state index contributed by atoms with van der Waals surface area (Å²) in [7, 11) is 0. The number of rotatable bonds is 1. The Morgan fingerprint density at radius 2 is 1.40 bits per heavy atom. The van der Waals surface area contributed by atoms with Gasteiger partial charge in [-0.15, -0.1) is 0 Å². The highest BCUT2D eigenvalue weighted by Crippen LogP contribution is 2.69. The van der Waals surface area contributed by atoms with E-state index >= 15 is 0 Å². The molecule has 1 atom stereocenters. The third-order valence-corrected chi connectivity index (χ3v) is 3.66. The van der Waals surface area contributed by atoms with Crippen molar-refractivity contribution in [3.8, 4) is 0 Å². The van der Waals surface area contributed by atoms with Crippen molar-refractivity contribution in [1.29, 1.82) is 0 Å². The van der Waals surface area contributed by atoms with Crippen LogP contribution >= 0.6 is 0 Å². The molecule has 0 aliphatic heterocycles. The molecular weight excluding hydrogens is 122 g/mol. The third kappa shape index (κ3) is 0.731. The summed E-state index contributed by atoms with van der Waals surface area (Å²) in [5.74, 6) is 0.708. The van der Waals surface area contributed by atoms with Gasteiger partial charge in [0, 0.05) is 6.04 Å². The van der Waals surface area contributed by atoms with Crippen molar-refractivity contribution in [3.05, 3.63) is 0 Å². The fourth-order valence-corrected chi connectivity index (χ4v) is 2.56. The van der Waals surface area contributed by atoms with E-state index in [0.717, 1.165) is 0 Å². The molecule has 0 heterocycles. The SMILES string of the molecule is C[C@H](N)C1C(C)(C)C1(C)C. The number of nitrogens with two attached hydrogens (primary N) is 1. The van der Waals surface area contributed by atoms with Crippen LogP contribution in [0.5, 0.6) is 0 Å². The fourth-order valence-electron chi connectivity index (χ4n) is 2.56. The van der Waals surface area contributed by atoms with Gasteiger partial charge in [0.2, 0.25) is 0 Å². The zero-order valence-electron chi connectivity index (χ0n) is 7.73. The number of hydrogen-bond donors (Lipinski definition) is 1. The molecule has 0 aromatic rings. The Kier molecular flexibility index (Phi) is 1.42. The van der Waals surface area contributed by atoms with Crippen LogP contribution in [0.1, 0.15) is 34.6 Å². The molecular formula is C9H19N. The minimum absolute atomic E-state index is 0.352. The van der Waals surface area contributed by atoms with Gasteiger partial charge in [-0.05, 0) is 23.7 Å². The summed E-state index contributed by atoms with van der Waals surface area (Å²) in [6.07, 6.45) is 0. The molecule has 1 nitrogen and oxygen atoms in total. The van der Waals surface area contributed by atoms with Gasteiger partial charge < -0.3 is 5.73 Å². The van der Waals surface area contributed by atoms with Gasteiger partial charge in [0.05, 0.1) is 0 Å². The van der Waals surface area contributed by atoms with Crippen molar-refractivity contribution in [1.82, 2.24) is 0 Å². The van der Waals surface area contributed by atoms with Crippen LogP contribution in [0.15, 0.2) is 0 Å². The number of hydrogen-bond acceptors (Lipinski definition) is 1. The lowest BCUT2D eigenvalue weighted by Gasteiger charge is -2.04. The summed E-state index contributed by atoms with van der Waals surface area (Å²) in [4.78, 5) is 0. The predicted molar refractivity (Wildman–Crippen MR) is 44.7 cm³/mol. The Labute approximate surface area is 64.0 Å². The van der Waals surface area contributed by atoms with Crippen LogP contribution in [-0.2, 0) is 0 Å². The lowest BCUT2D eigenvalue weighted by atomic mass is 10.0. The van der Waals surface area contributed by atoms with Crippen molar-refractivity contribution in [3.63, 3.8) is 0 Å². The maximum Gasteiger partial charge on any atom is 0.00493 e. The molecule has 60 valence electrons. The Bertz CT molecular complexity index is 131. The summed E-state index contributed by atoms with van der Waals surface area (Å²) in [5.41, 5.74) is 6.77.